The van der Waals surface area contributed by atoms with Crippen molar-refractivity contribution in [2.75, 3.05) is 6.67 Å². The van der Waals surface area contributed by atoms with Crippen LogP contribution in [0, 0.1) is 0 Å². The molecule has 7 heteroatoms. The predicted octanol–water partition coefficient (Wildman–Crippen LogP) is 1.45. The molecule has 0 aliphatic carbocycles. The summed E-state index contributed by atoms with van der Waals surface area (Å²) in [5.41, 5.74) is 3.92. The fourth-order valence-electron chi connectivity index (χ4n) is 2.41. The predicted molar refractivity (Wildman–Crippen MR) is 95.0 cm³/mol. The molecule has 7 nitrogen and oxygen atoms in total. The molecule has 0 saturated heterocycles. The Kier molecular flexibility index (Phi) is 4.87. The third kappa shape index (κ3) is 3.73. The second-order valence-electron chi connectivity index (χ2n) is 5.28. The number of amides is 3. The summed E-state index contributed by atoms with van der Waals surface area (Å²) in [6, 6.07) is 18.2. The Balaban J connectivity index is 1.94. The summed E-state index contributed by atoms with van der Waals surface area (Å²) in [5, 5.41) is 2.51. The number of carbonyl (C=O) groups excluding carboxylic acids is 2. The highest BCUT2D eigenvalue weighted by molar-refractivity contribution is 6.19. The largest absolute Gasteiger partial charge is 0.330 e. The number of hydrogen-bond donors (Lipinski definition) is 3. The molecular weight excluding hydrogens is 318 g/mol. The molecule has 4 N–H and O–H groups in total. The summed E-state index contributed by atoms with van der Waals surface area (Å²) in [6.45, 7) is -0.0400. The Morgan fingerprint density at radius 3 is 2.36 bits per heavy atom. The van der Waals surface area contributed by atoms with E-state index >= 15 is 0 Å². The second kappa shape index (κ2) is 7.41. The van der Waals surface area contributed by atoms with E-state index in [0.29, 0.717) is 11.5 Å². The molecule has 0 aromatic heterocycles. The molecule has 0 bridgehead atoms. The van der Waals surface area contributed by atoms with Gasteiger partial charge in [-0.15, -0.1) is 0 Å². The van der Waals surface area contributed by atoms with E-state index in [0.717, 1.165) is 11.1 Å². The Bertz CT molecular complexity index is 831. The molecule has 0 atom stereocenters. The normalized spacial score (nSPS) is 15.2. The fraction of sp³-hybridized carbons (Fsp3) is 0.0556. The maximum atomic E-state index is 12.7. The van der Waals surface area contributed by atoms with Gasteiger partial charge in [0, 0.05) is 5.56 Å². The third-order valence-corrected chi connectivity index (χ3v) is 3.61. The van der Waals surface area contributed by atoms with E-state index < -0.39 is 6.03 Å². The standard InChI is InChI=1S/C18H17N5O2/c19-22-18(25)20-12-23-16(14-9-5-2-6-10-14)21-15(17(23)24)11-13-7-3-1-4-8-13/h1-11H,12,19H2,(H2,20,22,25)/b15-11+. The molecule has 1 aliphatic rings. The van der Waals surface area contributed by atoms with Gasteiger partial charge in [-0.3, -0.25) is 15.1 Å². The van der Waals surface area contributed by atoms with Crippen LogP contribution in [0.15, 0.2) is 71.4 Å². The molecule has 1 heterocycles. The van der Waals surface area contributed by atoms with Gasteiger partial charge in [-0.2, -0.15) is 0 Å². The number of amidine groups is 1. The van der Waals surface area contributed by atoms with Gasteiger partial charge in [-0.05, 0) is 11.6 Å². The Morgan fingerprint density at radius 1 is 1.08 bits per heavy atom. The van der Waals surface area contributed by atoms with E-state index in [4.69, 9.17) is 5.84 Å². The van der Waals surface area contributed by atoms with Gasteiger partial charge in [-0.1, -0.05) is 60.7 Å². The van der Waals surface area contributed by atoms with Gasteiger partial charge >= 0.3 is 6.03 Å². The molecule has 2 aromatic carbocycles. The molecule has 3 rings (SSSR count). The van der Waals surface area contributed by atoms with E-state index in [1.165, 1.54) is 4.90 Å². The van der Waals surface area contributed by atoms with Gasteiger partial charge in [0.15, 0.2) is 0 Å². The zero-order valence-corrected chi connectivity index (χ0v) is 13.3. The average Bonchev–Trinajstić information content (AvgIpc) is 2.97. The van der Waals surface area contributed by atoms with Crippen molar-refractivity contribution in [1.29, 1.82) is 0 Å². The molecule has 0 saturated carbocycles. The third-order valence-electron chi connectivity index (χ3n) is 3.61. The number of nitrogens with one attached hydrogen (secondary N) is 2. The Hall–Kier alpha value is -3.45. The molecule has 1 aliphatic heterocycles. The lowest BCUT2D eigenvalue weighted by atomic mass is 10.2. The van der Waals surface area contributed by atoms with Gasteiger partial charge in [0.2, 0.25) is 0 Å². The molecule has 0 unspecified atom stereocenters. The number of rotatable bonds is 4. The summed E-state index contributed by atoms with van der Waals surface area (Å²) in [7, 11) is 0. The zero-order chi connectivity index (χ0) is 17.6. The highest BCUT2D eigenvalue weighted by atomic mass is 16.2. The van der Waals surface area contributed by atoms with Crippen LogP contribution < -0.4 is 16.6 Å². The topological polar surface area (TPSA) is 99.8 Å². The van der Waals surface area contributed by atoms with Gasteiger partial charge in [0.05, 0.1) is 0 Å². The highest BCUT2D eigenvalue weighted by Crippen LogP contribution is 2.21. The lowest BCUT2D eigenvalue weighted by Gasteiger charge is -2.18. The van der Waals surface area contributed by atoms with Crippen molar-refractivity contribution in [2.24, 2.45) is 10.8 Å². The van der Waals surface area contributed by atoms with E-state index in [9.17, 15) is 9.59 Å². The number of benzene rings is 2. The molecule has 0 spiro atoms. The summed E-state index contributed by atoms with van der Waals surface area (Å²) in [6.07, 6.45) is 1.72. The van der Waals surface area contributed by atoms with Gasteiger partial charge in [0.25, 0.3) is 5.91 Å². The van der Waals surface area contributed by atoms with E-state index in [-0.39, 0.29) is 12.6 Å². The summed E-state index contributed by atoms with van der Waals surface area (Å²) in [5.74, 6) is 5.24. The van der Waals surface area contributed by atoms with Crippen molar-refractivity contribution in [2.45, 2.75) is 0 Å². The average molecular weight is 335 g/mol. The van der Waals surface area contributed by atoms with Gasteiger partial charge in [0.1, 0.15) is 18.2 Å². The zero-order valence-electron chi connectivity index (χ0n) is 13.3. The van der Waals surface area contributed by atoms with Crippen LogP contribution >= 0.6 is 0 Å². The number of hydrogen-bond acceptors (Lipinski definition) is 4. The first kappa shape index (κ1) is 16.4. The lowest BCUT2D eigenvalue weighted by molar-refractivity contribution is -0.122. The SMILES string of the molecule is NNC(=O)NCN1C(=O)/C(=C\c2ccccc2)N=C1c1ccccc1. The first-order valence-electron chi connectivity index (χ1n) is 7.66. The van der Waals surface area contributed by atoms with Crippen molar-refractivity contribution >= 4 is 23.8 Å². The first-order chi connectivity index (χ1) is 12.2. The van der Waals surface area contributed by atoms with Gasteiger partial charge < -0.3 is 5.32 Å². The minimum atomic E-state index is -0.583. The van der Waals surface area contributed by atoms with Crippen LogP contribution in [0.5, 0.6) is 0 Å². The fourth-order valence-corrected chi connectivity index (χ4v) is 2.41. The van der Waals surface area contributed by atoms with Crippen LogP contribution in [0.1, 0.15) is 11.1 Å². The van der Waals surface area contributed by atoms with Crippen molar-refractivity contribution in [3.8, 4) is 0 Å². The van der Waals surface area contributed by atoms with Crippen LogP contribution in [-0.4, -0.2) is 29.3 Å². The number of hydrazine groups is 1. The first-order valence-corrected chi connectivity index (χ1v) is 7.66. The minimum Gasteiger partial charge on any atom is -0.319 e. The van der Waals surface area contributed by atoms with E-state index in [1.807, 2.05) is 66.1 Å². The van der Waals surface area contributed by atoms with Crippen LogP contribution in [0.3, 0.4) is 0 Å². The number of nitrogens with two attached hydrogens (primary N) is 1. The van der Waals surface area contributed by atoms with Crippen LogP contribution in [-0.2, 0) is 4.79 Å². The Morgan fingerprint density at radius 2 is 1.72 bits per heavy atom. The van der Waals surface area contributed by atoms with Crippen LogP contribution in [0.4, 0.5) is 4.79 Å². The van der Waals surface area contributed by atoms with Crippen molar-refractivity contribution < 1.29 is 9.59 Å². The van der Waals surface area contributed by atoms with Gasteiger partial charge in [-0.25, -0.2) is 15.6 Å². The summed E-state index contributed by atoms with van der Waals surface area (Å²) < 4.78 is 0. The van der Waals surface area contributed by atoms with Crippen molar-refractivity contribution in [3.05, 3.63) is 77.5 Å². The summed E-state index contributed by atoms with van der Waals surface area (Å²) >= 11 is 0. The van der Waals surface area contributed by atoms with Crippen LogP contribution in [0.25, 0.3) is 6.08 Å². The lowest BCUT2D eigenvalue weighted by Crippen LogP contribution is -2.47. The number of urea groups is 1. The molecule has 0 fully saturated rings. The highest BCUT2D eigenvalue weighted by Gasteiger charge is 2.31. The Labute approximate surface area is 144 Å². The van der Waals surface area contributed by atoms with Crippen LogP contribution in [0.2, 0.25) is 0 Å². The smallest absolute Gasteiger partial charge is 0.319 e. The number of nitrogens with zero attached hydrogens (tertiary/aromatic N) is 2. The van der Waals surface area contributed by atoms with E-state index in [1.54, 1.807) is 6.08 Å². The van der Waals surface area contributed by atoms with Crippen molar-refractivity contribution in [3.63, 3.8) is 0 Å². The summed E-state index contributed by atoms with van der Waals surface area (Å²) in [4.78, 5) is 30.0. The monoisotopic (exact) mass is 335 g/mol. The second-order valence-corrected chi connectivity index (χ2v) is 5.28. The maximum absolute atomic E-state index is 12.7. The minimum absolute atomic E-state index is 0.0400. The molecule has 3 amide bonds. The quantitative estimate of drug-likeness (QED) is 0.341. The molecular formula is C18H17N5O2. The van der Waals surface area contributed by atoms with Crippen molar-refractivity contribution in [1.82, 2.24) is 15.6 Å². The number of aliphatic imine (C=N–C) groups is 1. The number of carbonyl (C=O) groups is 2. The molecule has 126 valence electrons. The molecule has 25 heavy (non-hydrogen) atoms. The van der Waals surface area contributed by atoms with E-state index in [2.05, 4.69) is 10.3 Å². The molecule has 0 radical (unpaired) electrons. The maximum Gasteiger partial charge on any atom is 0.330 e. The molecule has 2 aromatic rings.